The van der Waals surface area contributed by atoms with Crippen molar-refractivity contribution in [3.05, 3.63) is 46.4 Å². The van der Waals surface area contributed by atoms with Crippen LogP contribution in [0.25, 0.3) is 10.8 Å². The third-order valence-electron chi connectivity index (χ3n) is 4.07. The van der Waals surface area contributed by atoms with Gasteiger partial charge in [0.25, 0.3) is 5.56 Å². The minimum Gasteiger partial charge on any atom is -0.465 e. The molecule has 1 aromatic carbocycles. The Morgan fingerprint density at radius 3 is 2.95 bits per heavy atom. The van der Waals surface area contributed by atoms with Crippen molar-refractivity contribution in [2.24, 2.45) is 0 Å². The number of hydrogen-bond acceptors (Lipinski definition) is 4. The fourth-order valence-corrected chi connectivity index (χ4v) is 2.84. The Hall–Kier alpha value is -2.14. The first-order valence-corrected chi connectivity index (χ1v) is 7.52. The number of carbonyl (C=O) groups is 1. The first-order chi connectivity index (χ1) is 10.7. The van der Waals surface area contributed by atoms with Gasteiger partial charge in [-0.2, -0.15) is 0 Å². The van der Waals surface area contributed by atoms with Crippen molar-refractivity contribution in [3.8, 4) is 0 Å². The van der Waals surface area contributed by atoms with Crippen molar-refractivity contribution in [1.29, 1.82) is 0 Å². The molecule has 0 bridgehead atoms. The van der Waals surface area contributed by atoms with Crippen LogP contribution in [0.15, 0.2) is 35.3 Å². The Morgan fingerprint density at radius 1 is 1.36 bits per heavy atom. The minimum absolute atomic E-state index is 0.0905. The Kier molecular flexibility index (Phi) is 4.24. The van der Waals surface area contributed by atoms with E-state index < -0.39 is 5.97 Å². The summed E-state index contributed by atoms with van der Waals surface area (Å²) >= 11 is 0. The van der Waals surface area contributed by atoms with E-state index >= 15 is 0 Å². The zero-order valence-corrected chi connectivity index (χ0v) is 12.6. The average molecular weight is 301 g/mol. The highest BCUT2D eigenvalue weighted by molar-refractivity contribution is 5.95. The lowest BCUT2D eigenvalue weighted by Gasteiger charge is -2.23. The molecule has 0 unspecified atom stereocenters. The average Bonchev–Trinajstić information content (AvgIpc) is 2.57. The highest BCUT2D eigenvalue weighted by Gasteiger charge is 2.16. The molecule has 1 aliphatic rings. The summed E-state index contributed by atoms with van der Waals surface area (Å²) in [5.74, 6) is -0.438. The van der Waals surface area contributed by atoms with Crippen molar-refractivity contribution < 1.29 is 14.3 Å². The number of aromatic nitrogens is 1. The van der Waals surface area contributed by atoms with Gasteiger partial charge >= 0.3 is 5.97 Å². The summed E-state index contributed by atoms with van der Waals surface area (Å²) in [6.45, 7) is 1.32. The molecule has 1 fully saturated rings. The Labute approximate surface area is 128 Å². The second kappa shape index (κ2) is 6.32. The van der Waals surface area contributed by atoms with Crippen LogP contribution in [0.1, 0.15) is 29.6 Å². The van der Waals surface area contributed by atoms with Crippen LogP contribution in [0.2, 0.25) is 0 Å². The van der Waals surface area contributed by atoms with E-state index in [-0.39, 0.29) is 11.7 Å². The molecule has 0 radical (unpaired) electrons. The van der Waals surface area contributed by atoms with Crippen molar-refractivity contribution in [1.82, 2.24) is 4.57 Å². The summed E-state index contributed by atoms with van der Waals surface area (Å²) in [7, 11) is 1.33. The van der Waals surface area contributed by atoms with E-state index in [1.165, 1.54) is 7.11 Å². The molecular formula is C17H19NO4. The molecule has 1 aliphatic heterocycles. The lowest BCUT2D eigenvalue weighted by molar-refractivity contribution is 0.00551. The number of benzene rings is 1. The van der Waals surface area contributed by atoms with Crippen LogP contribution >= 0.6 is 0 Å². The fraction of sp³-hybridized carbons (Fsp3) is 0.412. The lowest BCUT2D eigenvalue weighted by atomic mass is 10.1. The quantitative estimate of drug-likeness (QED) is 0.817. The van der Waals surface area contributed by atoms with Gasteiger partial charge in [0.1, 0.15) is 0 Å². The molecule has 0 spiro atoms. The van der Waals surface area contributed by atoms with Crippen molar-refractivity contribution in [3.63, 3.8) is 0 Å². The molecule has 1 saturated heterocycles. The van der Waals surface area contributed by atoms with Crippen molar-refractivity contribution >= 4 is 16.7 Å². The van der Waals surface area contributed by atoms with E-state index in [0.717, 1.165) is 31.3 Å². The molecule has 2 heterocycles. The van der Waals surface area contributed by atoms with Gasteiger partial charge in [-0.3, -0.25) is 4.79 Å². The SMILES string of the molecule is COC(=O)c1ccc2ccn(C[C@H]3CCCCO3)c(=O)c2c1. The maximum Gasteiger partial charge on any atom is 0.337 e. The first kappa shape index (κ1) is 14.8. The molecule has 5 heteroatoms. The molecule has 116 valence electrons. The zero-order chi connectivity index (χ0) is 15.5. The van der Waals surface area contributed by atoms with Crippen LogP contribution < -0.4 is 5.56 Å². The number of carbonyl (C=O) groups excluding carboxylic acids is 1. The van der Waals surface area contributed by atoms with Crippen LogP contribution in [0, 0.1) is 0 Å². The predicted octanol–water partition coefficient (Wildman–Crippen LogP) is 2.36. The second-order valence-corrected chi connectivity index (χ2v) is 5.56. The lowest BCUT2D eigenvalue weighted by Crippen LogP contribution is -2.30. The summed E-state index contributed by atoms with van der Waals surface area (Å²) < 4.78 is 12.1. The van der Waals surface area contributed by atoms with Crippen LogP contribution in [0.5, 0.6) is 0 Å². The Bertz CT molecular complexity index is 744. The predicted molar refractivity (Wildman–Crippen MR) is 83.1 cm³/mol. The van der Waals surface area contributed by atoms with Crippen LogP contribution in [-0.2, 0) is 16.0 Å². The summed E-state index contributed by atoms with van der Waals surface area (Å²) in [6.07, 6.45) is 5.09. The van der Waals surface area contributed by atoms with E-state index in [1.54, 1.807) is 29.0 Å². The van der Waals surface area contributed by atoms with Gasteiger partial charge in [0.2, 0.25) is 0 Å². The van der Waals surface area contributed by atoms with Gasteiger partial charge in [0.15, 0.2) is 0 Å². The zero-order valence-electron chi connectivity index (χ0n) is 12.6. The van der Waals surface area contributed by atoms with Gasteiger partial charge in [-0.05, 0) is 42.8 Å². The smallest absolute Gasteiger partial charge is 0.337 e. The number of hydrogen-bond donors (Lipinski definition) is 0. The third kappa shape index (κ3) is 2.90. The van der Waals surface area contributed by atoms with E-state index in [1.807, 2.05) is 6.07 Å². The molecule has 22 heavy (non-hydrogen) atoms. The summed E-state index contributed by atoms with van der Waals surface area (Å²) in [5, 5.41) is 1.35. The topological polar surface area (TPSA) is 57.5 Å². The fourth-order valence-electron chi connectivity index (χ4n) is 2.84. The number of fused-ring (bicyclic) bond motifs is 1. The molecule has 2 aromatic rings. The molecule has 0 N–H and O–H groups in total. The monoisotopic (exact) mass is 301 g/mol. The van der Waals surface area contributed by atoms with Crippen molar-refractivity contribution in [2.75, 3.05) is 13.7 Å². The summed E-state index contributed by atoms with van der Waals surface area (Å²) in [5.41, 5.74) is 0.288. The maximum atomic E-state index is 12.6. The van der Waals surface area contributed by atoms with Gasteiger partial charge in [-0.25, -0.2) is 4.79 Å². The third-order valence-corrected chi connectivity index (χ3v) is 4.07. The van der Waals surface area contributed by atoms with E-state index in [2.05, 4.69) is 0 Å². The number of ether oxygens (including phenoxy) is 2. The number of methoxy groups -OCH3 is 1. The molecule has 0 aliphatic carbocycles. The number of rotatable bonds is 3. The molecule has 0 saturated carbocycles. The van der Waals surface area contributed by atoms with Gasteiger partial charge < -0.3 is 14.0 Å². The largest absolute Gasteiger partial charge is 0.465 e. The van der Waals surface area contributed by atoms with E-state index in [4.69, 9.17) is 9.47 Å². The molecular weight excluding hydrogens is 282 g/mol. The van der Waals surface area contributed by atoms with Gasteiger partial charge in [0.05, 0.1) is 25.3 Å². The van der Waals surface area contributed by atoms with Gasteiger partial charge in [-0.1, -0.05) is 6.07 Å². The number of pyridine rings is 1. The molecule has 5 nitrogen and oxygen atoms in total. The Balaban J connectivity index is 1.96. The molecule has 1 aromatic heterocycles. The van der Waals surface area contributed by atoms with Crippen molar-refractivity contribution in [2.45, 2.75) is 31.9 Å². The van der Waals surface area contributed by atoms with Crippen LogP contribution in [0.4, 0.5) is 0 Å². The Morgan fingerprint density at radius 2 is 2.23 bits per heavy atom. The molecule has 3 rings (SSSR count). The first-order valence-electron chi connectivity index (χ1n) is 7.52. The van der Waals surface area contributed by atoms with E-state index in [0.29, 0.717) is 17.5 Å². The highest BCUT2D eigenvalue weighted by Crippen LogP contribution is 2.16. The summed E-state index contributed by atoms with van der Waals surface area (Å²) in [4.78, 5) is 24.2. The summed E-state index contributed by atoms with van der Waals surface area (Å²) in [6, 6.07) is 6.93. The van der Waals surface area contributed by atoms with Gasteiger partial charge in [-0.15, -0.1) is 0 Å². The minimum atomic E-state index is -0.438. The molecule has 0 amide bonds. The number of nitrogens with zero attached hydrogens (tertiary/aromatic N) is 1. The normalized spacial score (nSPS) is 18.3. The van der Waals surface area contributed by atoms with Crippen LogP contribution in [-0.4, -0.2) is 30.4 Å². The van der Waals surface area contributed by atoms with Crippen LogP contribution in [0.3, 0.4) is 0 Å². The second-order valence-electron chi connectivity index (χ2n) is 5.56. The standard InChI is InChI=1S/C17H19NO4/c1-21-17(20)13-6-5-12-7-8-18(16(19)15(12)10-13)11-14-4-2-3-9-22-14/h5-8,10,14H,2-4,9,11H2,1H3/t14-/m1/s1. The highest BCUT2D eigenvalue weighted by atomic mass is 16.5. The molecule has 1 atom stereocenters. The van der Waals surface area contributed by atoms with E-state index in [9.17, 15) is 9.59 Å². The maximum absolute atomic E-state index is 12.6. The van der Waals surface area contributed by atoms with Gasteiger partial charge in [0, 0.05) is 18.2 Å². The number of esters is 1.